The summed E-state index contributed by atoms with van der Waals surface area (Å²) in [5.74, 6) is 1.34. The molecule has 0 fully saturated rings. The Labute approximate surface area is 182 Å². The predicted molar refractivity (Wildman–Crippen MR) is 123 cm³/mol. The number of anilines is 1. The van der Waals surface area contributed by atoms with E-state index in [4.69, 9.17) is 0 Å². The summed E-state index contributed by atoms with van der Waals surface area (Å²) in [5.41, 5.74) is 4.85. The number of urea groups is 1. The first-order chi connectivity index (χ1) is 14.9. The third-order valence-electron chi connectivity index (χ3n) is 5.08. The van der Waals surface area contributed by atoms with Crippen molar-refractivity contribution in [2.45, 2.75) is 40.8 Å². The highest BCUT2D eigenvalue weighted by atomic mass is 16.2. The average Bonchev–Trinajstić information content (AvgIpc) is 3.28. The maximum atomic E-state index is 12.3. The second kappa shape index (κ2) is 8.63. The maximum Gasteiger partial charge on any atom is 0.319 e. The highest BCUT2D eigenvalue weighted by Gasteiger charge is 2.08. The minimum Gasteiger partial charge on any atom is -0.347 e. The number of nitrogens with one attached hydrogen (secondary N) is 2. The molecule has 2 amide bonds. The summed E-state index contributed by atoms with van der Waals surface area (Å²) in [5, 5.41) is 11.3. The number of aryl methyl sites for hydroxylation is 2. The molecule has 0 bridgehead atoms. The van der Waals surface area contributed by atoms with Crippen molar-refractivity contribution in [3.63, 3.8) is 0 Å². The third kappa shape index (κ3) is 4.77. The highest BCUT2D eigenvalue weighted by Crippen LogP contribution is 2.21. The van der Waals surface area contributed by atoms with Gasteiger partial charge in [0.25, 0.3) is 0 Å². The molecule has 0 aliphatic rings. The Kier molecular flexibility index (Phi) is 5.75. The molecular formula is C24H28N6O. The molecular weight excluding hydrogens is 388 g/mol. The molecule has 0 aliphatic heterocycles. The van der Waals surface area contributed by atoms with Crippen molar-refractivity contribution in [3.8, 4) is 5.82 Å². The van der Waals surface area contributed by atoms with Crippen molar-refractivity contribution < 1.29 is 4.79 Å². The fourth-order valence-corrected chi connectivity index (χ4v) is 3.70. The molecule has 4 rings (SSSR count). The van der Waals surface area contributed by atoms with Gasteiger partial charge >= 0.3 is 6.03 Å². The number of pyridine rings is 1. The zero-order valence-electron chi connectivity index (χ0n) is 18.4. The largest absolute Gasteiger partial charge is 0.347 e. The summed E-state index contributed by atoms with van der Waals surface area (Å²) in [4.78, 5) is 16.8. The molecule has 4 aromatic rings. The van der Waals surface area contributed by atoms with E-state index < -0.39 is 0 Å². The van der Waals surface area contributed by atoms with Crippen LogP contribution < -0.4 is 10.6 Å². The average molecular weight is 417 g/mol. The number of fused-ring (bicyclic) bond motifs is 1. The summed E-state index contributed by atoms with van der Waals surface area (Å²) in [6, 6.07) is 13.7. The lowest BCUT2D eigenvalue weighted by Crippen LogP contribution is -2.28. The van der Waals surface area contributed by atoms with E-state index in [1.165, 1.54) is 5.52 Å². The zero-order chi connectivity index (χ0) is 22.0. The Bertz CT molecular complexity index is 1200. The van der Waals surface area contributed by atoms with Crippen molar-refractivity contribution in [1.82, 2.24) is 24.6 Å². The van der Waals surface area contributed by atoms with Crippen molar-refractivity contribution in [1.29, 1.82) is 0 Å². The van der Waals surface area contributed by atoms with Gasteiger partial charge in [-0.1, -0.05) is 19.9 Å². The minimum atomic E-state index is -0.247. The molecule has 7 nitrogen and oxygen atoms in total. The number of hydrogen-bond acceptors (Lipinski definition) is 3. The van der Waals surface area contributed by atoms with Crippen LogP contribution >= 0.6 is 0 Å². The second-order valence-electron chi connectivity index (χ2n) is 8.31. The van der Waals surface area contributed by atoms with Crippen LogP contribution in [0.4, 0.5) is 10.5 Å². The molecule has 0 aliphatic carbocycles. The van der Waals surface area contributed by atoms with Gasteiger partial charge in [0.1, 0.15) is 0 Å². The van der Waals surface area contributed by atoms with Crippen LogP contribution in [0.25, 0.3) is 16.7 Å². The molecule has 1 aromatic carbocycles. The minimum absolute atomic E-state index is 0.247. The lowest BCUT2D eigenvalue weighted by atomic mass is 10.2. The maximum absolute atomic E-state index is 12.3. The summed E-state index contributed by atoms with van der Waals surface area (Å²) in [6.07, 6.45) is 3.85. The number of carbonyl (C=O) groups is 1. The first-order valence-electron chi connectivity index (χ1n) is 10.5. The van der Waals surface area contributed by atoms with E-state index in [9.17, 15) is 4.79 Å². The van der Waals surface area contributed by atoms with Crippen LogP contribution in [-0.2, 0) is 13.1 Å². The molecule has 160 valence electrons. The Morgan fingerprint density at radius 3 is 2.61 bits per heavy atom. The highest BCUT2D eigenvalue weighted by molar-refractivity contribution is 5.92. The van der Waals surface area contributed by atoms with Crippen molar-refractivity contribution >= 4 is 22.6 Å². The van der Waals surface area contributed by atoms with E-state index in [0.29, 0.717) is 12.5 Å². The van der Waals surface area contributed by atoms with Crippen LogP contribution in [0, 0.1) is 19.8 Å². The van der Waals surface area contributed by atoms with Crippen LogP contribution in [-0.4, -0.2) is 25.4 Å². The molecule has 0 radical (unpaired) electrons. The molecule has 31 heavy (non-hydrogen) atoms. The monoisotopic (exact) mass is 416 g/mol. The number of hydrogen-bond donors (Lipinski definition) is 2. The van der Waals surface area contributed by atoms with Crippen LogP contribution in [0.15, 0.2) is 54.9 Å². The summed E-state index contributed by atoms with van der Waals surface area (Å²) in [7, 11) is 0. The second-order valence-corrected chi connectivity index (χ2v) is 8.31. The molecule has 0 unspecified atom stereocenters. The SMILES string of the molecule is Cc1cc(C)n(-c2ccc(CNC(=O)Nc3ccc4c(ccn4CC(C)C)c3)cn2)n1. The van der Waals surface area contributed by atoms with Crippen LogP contribution in [0.2, 0.25) is 0 Å². The van der Waals surface area contributed by atoms with Gasteiger partial charge in [0, 0.05) is 47.8 Å². The molecule has 3 heterocycles. The Hall–Kier alpha value is -3.61. The van der Waals surface area contributed by atoms with Gasteiger partial charge in [-0.15, -0.1) is 0 Å². The van der Waals surface area contributed by atoms with Gasteiger partial charge in [0.05, 0.1) is 5.69 Å². The Balaban J connectivity index is 1.35. The summed E-state index contributed by atoms with van der Waals surface area (Å²) < 4.78 is 4.05. The number of amides is 2. The molecule has 3 aromatic heterocycles. The predicted octanol–water partition coefficient (Wildman–Crippen LogP) is 4.82. The number of nitrogens with zero attached hydrogens (tertiary/aromatic N) is 4. The molecule has 7 heteroatoms. The van der Waals surface area contributed by atoms with E-state index in [2.05, 4.69) is 57.5 Å². The molecule has 2 N–H and O–H groups in total. The van der Waals surface area contributed by atoms with Crippen molar-refractivity contribution in [2.24, 2.45) is 5.92 Å². The zero-order valence-corrected chi connectivity index (χ0v) is 18.4. The van der Waals surface area contributed by atoms with Gasteiger partial charge < -0.3 is 15.2 Å². The standard InChI is InChI=1S/C24H28N6O/c1-16(2)15-29-10-9-20-12-21(6-7-22(20)29)27-24(31)26-14-19-5-8-23(25-13-19)30-18(4)11-17(3)28-30/h5-13,16H,14-15H2,1-4H3,(H2,26,27,31). The van der Waals surface area contributed by atoms with Gasteiger partial charge in [0.2, 0.25) is 0 Å². The summed E-state index contributed by atoms with van der Waals surface area (Å²) in [6.45, 7) is 9.73. The third-order valence-corrected chi connectivity index (χ3v) is 5.08. The summed E-state index contributed by atoms with van der Waals surface area (Å²) >= 11 is 0. The number of rotatable bonds is 6. The van der Waals surface area contributed by atoms with Crippen LogP contribution in [0.3, 0.4) is 0 Å². The first kappa shape index (κ1) is 20.7. The first-order valence-corrected chi connectivity index (χ1v) is 10.5. The van der Waals surface area contributed by atoms with Gasteiger partial charge in [-0.3, -0.25) is 0 Å². The fourth-order valence-electron chi connectivity index (χ4n) is 3.70. The number of aromatic nitrogens is 4. The van der Waals surface area contributed by atoms with Crippen LogP contribution in [0.1, 0.15) is 30.8 Å². The van der Waals surface area contributed by atoms with E-state index in [0.717, 1.165) is 40.4 Å². The Morgan fingerprint density at radius 1 is 1.10 bits per heavy atom. The van der Waals surface area contributed by atoms with Crippen molar-refractivity contribution in [3.05, 3.63) is 71.8 Å². The number of benzene rings is 1. The van der Waals surface area contributed by atoms with E-state index in [1.54, 1.807) is 6.20 Å². The molecule has 0 atom stereocenters. The van der Waals surface area contributed by atoms with E-state index >= 15 is 0 Å². The quantitative estimate of drug-likeness (QED) is 0.473. The van der Waals surface area contributed by atoms with Gasteiger partial charge in [-0.2, -0.15) is 5.10 Å². The molecule has 0 spiro atoms. The number of carbonyl (C=O) groups excluding carboxylic acids is 1. The van der Waals surface area contributed by atoms with Crippen molar-refractivity contribution in [2.75, 3.05) is 5.32 Å². The lowest BCUT2D eigenvalue weighted by Gasteiger charge is -2.10. The topological polar surface area (TPSA) is 76.8 Å². The Morgan fingerprint density at radius 2 is 1.94 bits per heavy atom. The van der Waals surface area contributed by atoms with E-state index in [1.807, 2.05) is 48.9 Å². The molecule has 0 saturated carbocycles. The van der Waals surface area contributed by atoms with E-state index in [-0.39, 0.29) is 6.03 Å². The van der Waals surface area contributed by atoms with Gasteiger partial charge in [-0.05, 0) is 61.7 Å². The van der Waals surface area contributed by atoms with Gasteiger partial charge in [0.15, 0.2) is 5.82 Å². The normalized spacial score (nSPS) is 11.3. The fraction of sp³-hybridized carbons (Fsp3) is 0.292. The lowest BCUT2D eigenvalue weighted by molar-refractivity contribution is 0.251. The van der Waals surface area contributed by atoms with Gasteiger partial charge in [-0.25, -0.2) is 14.5 Å². The molecule has 0 saturated heterocycles. The van der Waals surface area contributed by atoms with Crippen LogP contribution in [0.5, 0.6) is 0 Å². The smallest absolute Gasteiger partial charge is 0.319 e.